The Kier molecular flexibility index (Phi) is 5.04. The van der Waals surface area contributed by atoms with E-state index >= 15 is 0 Å². The average molecular weight is 449 g/mol. The summed E-state index contributed by atoms with van der Waals surface area (Å²) in [6.07, 6.45) is 6.52. The Morgan fingerprint density at radius 3 is 2.71 bits per heavy atom. The third-order valence-corrected chi connectivity index (χ3v) is 6.34. The number of methoxy groups -OCH3 is 1. The van der Waals surface area contributed by atoms with Gasteiger partial charge >= 0.3 is 0 Å². The molecule has 2 aromatic carbocycles. The van der Waals surface area contributed by atoms with E-state index < -0.39 is 0 Å². The van der Waals surface area contributed by atoms with Crippen LogP contribution in [0.1, 0.15) is 11.1 Å². The van der Waals surface area contributed by atoms with Gasteiger partial charge in [0.05, 0.1) is 29.3 Å². The van der Waals surface area contributed by atoms with Crippen LogP contribution in [-0.2, 0) is 13.0 Å². The minimum Gasteiger partial charge on any atom is -0.495 e. The molecule has 0 radical (unpaired) electrons. The van der Waals surface area contributed by atoms with Gasteiger partial charge in [-0.3, -0.25) is 9.97 Å². The molecular weight excluding hydrogens is 424 g/mol. The normalized spacial score (nSPS) is 13.7. The molecule has 168 valence electrons. The van der Waals surface area contributed by atoms with Gasteiger partial charge in [-0.2, -0.15) is 0 Å². The SMILES string of the molecule is COc1cc2c(cc1Nc1ncc3ccc(-c4cnc5cccnc5c4)cc3n1)CN(C)CC2. The lowest BCUT2D eigenvalue weighted by Gasteiger charge is -2.26. The minimum absolute atomic E-state index is 0.533. The first-order valence-electron chi connectivity index (χ1n) is 11.3. The van der Waals surface area contributed by atoms with Crippen LogP contribution in [0.5, 0.6) is 5.75 Å². The summed E-state index contributed by atoms with van der Waals surface area (Å²) in [5, 5.41) is 4.35. The molecular formula is C27H24N6O. The van der Waals surface area contributed by atoms with Crippen LogP contribution in [0.25, 0.3) is 33.1 Å². The van der Waals surface area contributed by atoms with Gasteiger partial charge in [-0.15, -0.1) is 0 Å². The van der Waals surface area contributed by atoms with Crippen molar-refractivity contribution in [1.82, 2.24) is 24.8 Å². The van der Waals surface area contributed by atoms with E-state index in [0.717, 1.165) is 64.0 Å². The third-order valence-electron chi connectivity index (χ3n) is 6.34. The molecule has 0 saturated carbocycles. The second kappa shape index (κ2) is 8.35. The van der Waals surface area contributed by atoms with Crippen LogP contribution in [0.4, 0.5) is 11.6 Å². The van der Waals surface area contributed by atoms with Crippen LogP contribution in [0.15, 0.2) is 67.1 Å². The standard InChI is InChI=1S/C27H24N6O/c1-33-9-7-18-13-26(34-2)25(12-21(18)16-33)32-27-30-14-19-6-5-17(10-23(19)31-27)20-11-24-22(29-15-20)4-3-8-28-24/h3-6,8,10-15H,7,9,16H2,1-2H3,(H,30,31,32). The van der Waals surface area contributed by atoms with Crippen molar-refractivity contribution >= 4 is 33.6 Å². The molecule has 1 aliphatic heterocycles. The average Bonchev–Trinajstić information content (AvgIpc) is 2.87. The van der Waals surface area contributed by atoms with Crippen LogP contribution in [-0.4, -0.2) is 45.5 Å². The summed E-state index contributed by atoms with van der Waals surface area (Å²) in [5.41, 5.74) is 8.15. The number of benzene rings is 2. The van der Waals surface area contributed by atoms with Crippen molar-refractivity contribution in [3.05, 3.63) is 78.2 Å². The topological polar surface area (TPSA) is 76.1 Å². The van der Waals surface area contributed by atoms with Crippen molar-refractivity contribution < 1.29 is 4.74 Å². The second-order valence-corrected chi connectivity index (χ2v) is 8.67. The van der Waals surface area contributed by atoms with Crippen LogP contribution in [0.3, 0.4) is 0 Å². The molecule has 0 spiro atoms. The maximum absolute atomic E-state index is 5.67. The van der Waals surface area contributed by atoms with Gasteiger partial charge in [0.25, 0.3) is 0 Å². The fourth-order valence-corrected chi connectivity index (χ4v) is 4.49. The highest BCUT2D eigenvalue weighted by Gasteiger charge is 2.17. The molecule has 0 bridgehead atoms. The molecule has 4 heterocycles. The lowest BCUT2D eigenvalue weighted by Crippen LogP contribution is -2.26. The summed E-state index contributed by atoms with van der Waals surface area (Å²) in [7, 11) is 3.84. The first-order chi connectivity index (χ1) is 16.7. The van der Waals surface area contributed by atoms with Crippen molar-refractivity contribution in [2.75, 3.05) is 26.0 Å². The molecule has 7 nitrogen and oxygen atoms in total. The number of rotatable bonds is 4. The molecule has 1 N–H and O–H groups in total. The van der Waals surface area contributed by atoms with Crippen LogP contribution in [0, 0.1) is 0 Å². The lowest BCUT2D eigenvalue weighted by molar-refractivity contribution is 0.312. The van der Waals surface area contributed by atoms with Gasteiger partial charge in [-0.25, -0.2) is 9.97 Å². The first kappa shape index (κ1) is 20.5. The van der Waals surface area contributed by atoms with Crippen molar-refractivity contribution in [2.45, 2.75) is 13.0 Å². The maximum Gasteiger partial charge on any atom is 0.227 e. The quantitative estimate of drug-likeness (QED) is 0.415. The van der Waals surface area contributed by atoms with E-state index in [1.54, 1.807) is 13.3 Å². The number of pyridine rings is 2. The monoisotopic (exact) mass is 448 g/mol. The largest absolute Gasteiger partial charge is 0.495 e. The van der Waals surface area contributed by atoms with Crippen molar-refractivity contribution in [3.63, 3.8) is 0 Å². The number of anilines is 2. The van der Waals surface area contributed by atoms with Crippen molar-refractivity contribution in [2.24, 2.45) is 0 Å². The van der Waals surface area contributed by atoms with E-state index in [9.17, 15) is 0 Å². The number of nitrogens with zero attached hydrogens (tertiary/aromatic N) is 5. The van der Waals surface area contributed by atoms with E-state index in [1.807, 2.05) is 30.6 Å². The Labute approximate surface area is 197 Å². The molecule has 0 atom stereocenters. The van der Waals surface area contributed by atoms with E-state index in [0.29, 0.717) is 5.95 Å². The predicted octanol–water partition coefficient (Wildman–Crippen LogP) is 4.98. The molecule has 3 aromatic heterocycles. The van der Waals surface area contributed by atoms with Gasteiger partial charge in [0.2, 0.25) is 5.95 Å². The van der Waals surface area contributed by atoms with Gasteiger partial charge in [0.15, 0.2) is 0 Å². The molecule has 5 aromatic rings. The van der Waals surface area contributed by atoms with Gasteiger partial charge in [-0.1, -0.05) is 12.1 Å². The minimum atomic E-state index is 0.533. The number of aromatic nitrogens is 4. The number of likely N-dealkylation sites (N-methyl/N-ethyl adjacent to an activating group) is 1. The van der Waals surface area contributed by atoms with E-state index in [2.05, 4.69) is 62.5 Å². The highest BCUT2D eigenvalue weighted by atomic mass is 16.5. The van der Waals surface area contributed by atoms with Gasteiger partial charge in [-0.05, 0) is 66.6 Å². The van der Waals surface area contributed by atoms with Crippen molar-refractivity contribution in [1.29, 1.82) is 0 Å². The molecule has 0 fully saturated rings. The van der Waals surface area contributed by atoms with E-state index in [4.69, 9.17) is 9.72 Å². The molecule has 1 aliphatic rings. The maximum atomic E-state index is 5.67. The second-order valence-electron chi connectivity index (χ2n) is 8.67. The first-order valence-corrected chi connectivity index (χ1v) is 11.3. The molecule has 0 unspecified atom stereocenters. The summed E-state index contributed by atoms with van der Waals surface area (Å²) in [5.74, 6) is 1.33. The smallest absolute Gasteiger partial charge is 0.227 e. The van der Waals surface area contributed by atoms with Gasteiger partial charge < -0.3 is 15.0 Å². The zero-order chi connectivity index (χ0) is 23.1. The third kappa shape index (κ3) is 3.80. The Balaban J connectivity index is 1.35. The summed E-state index contributed by atoms with van der Waals surface area (Å²) in [6, 6.07) is 16.4. The number of nitrogens with one attached hydrogen (secondary N) is 1. The molecule has 0 aliphatic carbocycles. The molecule has 0 amide bonds. The zero-order valence-corrected chi connectivity index (χ0v) is 19.1. The Morgan fingerprint density at radius 1 is 0.882 bits per heavy atom. The summed E-state index contributed by atoms with van der Waals surface area (Å²) in [4.78, 5) is 20.6. The number of hydrogen-bond donors (Lipinski definition) is 1. The van der Waals surface area contributed by atoms with Gasteiger partial charge in [0, 0.05) is 42.6 Å². The highest BCUT2D eigenvalue weighted by molar-refractivity contribution is 5.87. The number of fused-ring (bicyclic) bond motifs is 3. The van der Waals surface area contributed by atoms with Crippen molar-refractivity contribution in [3.8, 4) is 16.9 Å². The highest BCUT2D eigenvalue weighted by Crippen LogP contribution is 2.33. The van der Waals surface area contributed by atoms with E-state index in [1.165, 1.54) is 11.1 Å². The molecule has 0 saturated heterocycles. The van der Waals surface area contributed by atoms with Gasteiger partial charge in [0.1, 0.15) is 5.75 Å². The van der Waals surface area contributed by atoms with Crippen LogP contribution >= 0.6 is 0 Å². The van der Waals surface area contributed by atoms with Crippen LogP contribution < -0.4 is 10.1 Å². The summed E-state index contributed by atoms with van der Waals surface area (Å²) in [6.45, 7) is 1.98. The fraction of sp³-hybridized carbons (Fsp3) is 0.185. The predicted molar refractivity (Wildman–Crippen MR) is 134 cm³/mol. The zero-order valence-electron chi connectivity index (χ0n) is 19.1. The van der Waals surface area contributed by atoms with E-state index in [-0.39, 0.29) is 0 Å². The lowest BCUT2D eigenvalue weighted by atomic mass is 9.99. The Morgan fingerprint density at radius 2 is 1.79 bits per heavy atom. The van der Waals surface area contributed by atoms with Crippen LogP contribution in [0.2, 0.25) is 0 Å². The Hall–Kier alpha value is -4.10. The summed E-state index contributed by atoms with van der Waals surface area (Å²) >= 11 is 0. The number of ether oxygens (including phenoxy) is 1. The Bertz CT molecular complexity index is 1530. The fourth-order valence-electron chi connectivity index (χ4n) is 4.49. The number of hydrogen-bond acceptors (Lipinski definition) is 7. The molecule has 6 rings (SSSR count). The molecule has 7 heteroatoms. The summed E-state index contributed by atoms with van der Waals surface area (Å²) < 4.78 is 5.67. The molecule has 34 heavy (non-hydrogen) atoms.